The Morgan fingerprint density at radius 2 is 2.54 bits per heavy atom. The lowest BCUT2D eigenvalue weighted by atomic mass is 10.2. The molecule has 4 heteroatoms. The molecular weight excluding hydrogens is 166 g/mol. The van der Waals surface area contributed by atoms with Crippen LogP contribution in [0.4, 0.5) is 0 Å². The molecule has 2 N–H and O–H groups in total. The average molecular weight is 181 g/mol. The van der Waals surface area contributed by atoms with Crippen molar-refractivity contribution < 1.29 is 5.11 Å². The van der Waals surface area contributed by atoms with Crippen LogP contribution >= 0.6 is 0 Å². The van der Waals surface area contributed by atoms with Crippen LogP contribution < -0.4 is 5.32 Å². The molecule has 1 heterocycles. The fourth-order valence-electron chi connectivity index (χ4n) is 1.30. The minimum Gasteiger partial charge on any atom is -0.387 e. The molecule has 1 unspecified atom stereocenters. The molecule has 1 fully saturated rings. The minimum atomic E-state index is -0.422. The summed E-state index contributed by atoms with van der Waals surface area (Å²) in [6, 6.07) is 0.645. The Bertz CT molecular complexity index is 280. The van der Waals surface area contributed by atoms with Gasteiger partial charge in [0.1, 0.15) is 0 Å². The predicted octanol–water partition coefficient (Wildman–Crippen LogP) is 0.205. The Hall–Kier alpha value is -0.870. The number of hydrogen-bond acceptors (Lipinski definition) is 3. The van der Waals surface area contributed by atoms with Gasteiger partial charge in [-0.05, 0) is 12.8 Å². The molecule has 0 spiro atoms. The van der Waals surface area contributed by atoms with E-state index < -0.39 is 6.10 Å². The highest BCUT2D eigenvalue weighted by Gasteiger charge is 2.21. The van der Waals surface area contributed by atoms with Gasteiger partial charge in [-0.1, -0.05) is 0 Å². The second-order valence-corrected chi connectivity index (χ2v) is 3.65. The first-order valence-corrected chi connectivity index (χ1v) is 4.65. The fraction of sp³-hybridized carbons (Fsp3) is 0.667. The van der Waals surface area contributed by atoms with Gasteiger partial charge in [-0.2, -0.15) is 5.10 Å². The van der Waals surface area contributed by atoms with Crippen molar-refractivity contribution in [3.63, 3.8) is 0 Å². The highest BCUT2D eigenvalue weighted by atomic mass is 16.3. The highest BCUT2D eigenvalue weighted by molar-refractivity contribution is 5.08. The first-order valence-electron chi connectivity index (χ1n) is 4.65. The molecule has 0 amide bonds. The second kappa shape index (κ2) is 3.47. The molecule has 13 heavy (non-hydrogen) atoms. The molecule has 72 valence electrons. The molecule has 1 aromatic heterocycles. The van der Waals surface area contributed by atoms with Gasteiger partial charge in [0.15, 0.2) is 0 Å². The van der Waals surface area contributed by atoms with E-state index in [9.17, 15) is 5.11 Å². The summed E-state index contributed by atoms with van der Waals surface area (Å²) < 4.78 is 1.70. The standard InChI is InChI=1S/C9H15N3O/c1-12-6-7(4-11-12)9(13)5-10-8-2-3-8/h4,6,8-10,13H,2-3,5H2,1H3. The lowest BCUT2D eigenvalue weighted by Gasteiger charge is -2.08. The number of aliphatic hydroxyl groups excluding tert-OH is 1. The van der Waals surface area contributed by atoms with Crippen molar-refractivity contribution in [1.82, 2.24) is 15.1 Å². The van der Waals surface area contributed by atoms with Crippen LogP contribution in [0.1, 0.15) is 24.5 Å². The van der Waals surface area contributed by atoms with Crippen LogP contribution in [0.5, 0.6) is 0 Å². The SMILES string of the molecule is Cn1cc(C(O)CNC2CC2)cn1. The lowest BCUT2D eigenvalue weighted by molar-refractivity contribution is 0.174. The number of nitrogens with zero attached hydrogens (tertiary/aromatic N) is 2. The van der Waals surface area contributed by atoms with E-state index in [1.165, 1.54) is 12.8 Å². The molecule has 0 aliphatic heterocycles. The Morgan fingerprint density at radius 3 is 3.08 bits per heavy atom. The van der Waals surface area contributed by atoms with Gasteiger partial charge in [0.25, 0.3) is 0 Å². The number of aliphatic hydroxyl groups is 1. The number of hydrogen-bond donors (Lipinski definition) is 2. The van der Waals surface area contributed by atoms with E-state index in [1.54, 1.807) is 10.9 Å². The Morgan fingerprint density at radius 1 is 1.77 bits per heavy atom. The molecule has 0 radical (unpaired) electrons. The zero-order valence-corrected chi connectivity index (χ0v) is 7.77. The summed E-state index contributed by atoms with van der Waals surface area (Å²) in [5.41, 5.74) is 0.885. The van der Waals surface area contributed by atoms with E-state index >= 15 is 0 Å². The quantitative estimate of drug-likeness (QED) is 0.698. The summed E-state index contributed by atoms with van der Waals surface area (Å²) in [6.07, 6.45) is 5.63. The number of nitrogens with one attached hydrogen (secondary N) is 1. The molecule has 1 saturated carbocycles. The molecule has 1 aliphatic rings. The maximum atomic E-state index is 9.69. The Kier molecular flexibility index (Phi) is 2.33. The van der Waals surface area contributed by atoms with Gasteiger partial charge in [-0.15, -0.1) is 0 Å². The fourth-order valence-corrected chi connectivity index (χ4v) is 1.30. The zero-order chi connectivity index (χ0) is 9.26. The third kappa shape index (κ3) is 2.29. The largest absolute Gasteiger partial charge is 0.387 e. The zero-order valence-electron chi connectivity index (χ0n) is 7.77. The molecule has 2 rings (SSSR count). The van der Waals surface area contributed by atoms with E-state index in [0.717, 1.165) is 5.56 Å². The van der Waals surface area contributed by atoms with E-state index in [-0.39, 0.29) is 0 Å². The van der Waals surface area contributed by atoms with Gasteiger partial charge in [0.2, 0.25) is 0 Å². The molecular formula is C9H15N3O. The third-order valence-electron chi connectivity index (χ3n) is 2.29. The summed E-state index contributed by atoms with van der Waals surface area (Å²) >= 11 is 0. The van der Waals surface area contributed by atoms with Gasteiger partial charge < -0.3 is 10.4 Å². The maximum Gasteiger partial charge on any atom is 0.0944 e. The average Bonchev–Trinajstić information content (AvgIpc) is 2.84. The predicted molar refractivity (Wildman–Crippen MR) is 49.2 cm³/mol. The van der Waals surface area contributed by atoms with Crippen LogP contribution in [0.15, 0.2) is 12.4 Å². The van der Waals surface area contributed by atoms with E-state index in [1.807, 2.05) is 13.2 Å². The van der Waals surface area contributed by atoms with E-state index in [0.29, 0.717) is 12.6 Å². The molecule has 1 atom stereocenters. The molecule has 1 aliphatic carbocycles. The van der Waals surface area contributed by atoms with Crippen LogP contribution in [0.3, 0.4) is 0 Å². The van der Waals surface area contributed by atoms with Gasteiger partial charge in [0.05, 0.1) is 12.3 Å². The monoisotopic (exact) mass is 181 g/mol. The minimum absolute atomic E-state index is 0.422. The van der Waals surface area contributed by atoms with Crippen LogP contribution in [-0.4, -0.2) is 27.5 Å². The van der Waals surface area contributed by atoms with Gasteiger partial charge >= 0.3 is 0 Å². The summed E-state index contributed by atoms with van der Waals surface area (Å²) in [5.74, 6) is 0. The molecule has 1 aromatic rings. The number of aryl methyl sites for hydroxylation is 1. The van der Waals surface area contributed by atoms with Gasteiger partial charge in [-0.25, -0.2) is 0 Å². The van der Waals surface area contributed by atoms with Crippen LogP contribution in [-0.2, 0) is 7.05 Å². The van der Waals surface area contributed by atoms with Crippen molar-refractivity contribution in [2.75, 3.05) is 6.54 Å². The van der Waals surface area contributed by atoms with Crippen molar-refractivity contribution in [3.8, 4) is 0 Å². The highest BCUT2D eigenvalue weighted by Crippen LogP contribution is 2.20. The Balaban J connectivity index is 1.84. The van der Waals surface area contributed by atoms with Crippen molar-refractivity contribution in [3.05, 3.63) is 18.0 Å². The van der Waals surface area contributed by atoms with Crippen molar-refractivity contribution >= 4 is 0 Å². The first-order chi connectivity index (χ1) is 6.25. The summed E-state index contributed by atoms with van der Waals surface area (Å²) in [5, 5.41) is 17.0. The molecule has 0 saturated heterocycles. The van der Waals surface area contributed by atoms with Crippen LogP contribution in [0.2, 0.25) is 0 Å². The second-order valence-electron chi connectivity index (χ2n) is 3.65. The summed E-state index contributed by atoms with van der Waals surface area (Å²) in [7, 11) is 1.85. The van der Waals surface area contributed by atoms with Crippen molar-refractivity contribution in [2.24, 2.45) is 7.05 Å². The maximum absolute atomic E-state index is 9.69. The molecule has 0 aromatic carbocycles. The third-order valence-corrected chi connectivity index (χ3v) is 2.29. The summed E-state index contributed by atoms with van der Waals surface area (Å²) in [6.45, 7) is 0.635. The van der Waals surface area contributed by atoms with E-state index in [2.05, 4.69) is 10.4 Å². The molecule has 4 nitrogen and oxygen atoms in total. The first kappa shape index (κ1) is 8.72. The van der Waals surface area contributed by atoms with Gasteiger partial charge in [0, 0.05) is 31.4 Å². The van der Waals surface area contributed by atoms with Gasteiger partial charge in [-0.3, -0.25) is 4.68 Å². The van der Waals surface area contributed by atoms with Crippen molar-refractivity contribution in [1.29, 1.82) is 0 Å². The lowest BCUT2D eigenvalue weighted by Crippen LogP contribution is -2.23. The molecule has 0 bridgehead atoms. The van der Waals surface area contributed by atoms with Crippen LogP contribution in [0, 0.1) is 0 Å². The summed E-state index contributed by atoms with van der Waals surface area (Å²) in [4.78, 5) is 0. The van der Waals surface area contributed by atoms with Crippen molar-refractivity contribution in [2.45, 2.75) is 25.0 Å². The number of rotatable bonds is 4. The number of aromatic nitrogens is 2. The Labute approximate surface area is 77.6 Å². The topological polar surface area (TPSA) is 50.1 Å². The van der Waals surface area contributed by atoms with Crippen LogP contribution in [0.25, 0.3) is 0 Å². The smallest absolute Gasteiger partial charge is 0.0944 e. The van der Waals surface area contributed by atoms with E-state index in [4.69, 9.17) is 0 Å². The normalized spacial score (nSPS) is 18.9.